The van der Waals surface area contributed by atoms with Gasteiger partial charge >= 0.3 is 0 Å². The molecule has 112 valence electrons. The van der Waals surface area contributed by atoms with Crippen LogP contribution >= 0.6 is 0 Å². The van der Waals surface area contributed by atoms with Gasteiger partial charge in [-0.05, 0) is 24.8 Å². The predicted molar refractivity (Wildman–Crippen MR) is 79.3 cm³/mol. The summed E-state index contributed by atoms with van der Waals surface area (Å²) in [4.78, 5) is 11.7. The molecule has 0 radical (unpaired) electrons. The van der Waals surface area contributed by atoms with Crippen LogP contribution in [0.25, 0.3) is 0 Å². The number of aliphatic hydroxyl groups excluding tert-OH is 2. The summed E-state index contributed by atoms with van der Waals surface area (Å²) in [6, 6.07) is 10.2. The Kier molecular flexibility index (Phi) is 6.68. The molecule has 0 heterocycles. The van der Waals surface area contributed by atoms with E-state index in [1.165, 1.54) is 5.56 Å². The summed E-state index contributed by atoms with van der Waals surface area (Å²) < 4.78 is 0. The van der Waals surface area contributed by atoms with Gasteiger partial charge in [0.05, 0.1) is 6.61 Å². The van der Waals surface area contributed by atoms with Crippen molar-refractivity contribution in [1.82, 2.24) is 5.32 Å². The second kappa shape index (κ2) is 8.02. The Hall–Kier alpha value is -1.39. The molecule has 0 aliphatic carbocycles. The molecule has 4 nitrogen and oxygen atoms in total. The third-order valence-corrected chi connectivity index (χ3v) is 3.43. The van der Waals surface area contributed by atoms with Gasteiger partial charge in [-0.15, -0.1) is 0 Å². The number of aryl methyl sites for hydroxylation is 1. The van der Waals surface area contributed by atoms with Crippen LogP contribution in [-0.4, -0.2) is 35.4 Å². The molecule has 20 heavy (non-hydrogen) atoms. The molecule has 1 atom stereocenters. The zero-order valence-corrected chi connectivity index (χ0v) is 12.3. The highest BCUT2D eigenvalue weighted by molar-refractivity contribution is 5.81. The smallest absolute Gasteiger partial charge is 0.249 e. The molecule has 0 aliphatic rings. The van der Waals surface area contributed by atoms with Gasteiger partial charge in [-0.3, -0.25) is 4.79 Å². The van der Waals surface area contributed by atoms with Crippen LogP contribution in [0.15, 0.2) is 30.3 Å². The van der Waals surface area contributed by atoms with E-state index >= 15 is 0 Å². The Balaban J connectivity index is 2.19. The van der Waals surface area contributed by atoms with Crippen LogP contribution in [0.3, 0.4) is 0 Å². The quantitative estimate of drug-likeness (QED) is 0.632. The summed E-state index contributed by atoms with van der Waals surface area (Å²) >= 11 is 0. The first-order valence-electron chi connectivity index (χ1n) is 7.08. The van der Waals surface area contributed by atoms with Gasteiger partial charge in [0.2, 0.25) is 5.91 Å². The number of aliphatic hydroxyl groups is 2. The predicted octanol–water partition coefficient (Wildman–Crippen LogP) is 1.50. The van der Waals surface area contributed by atoms with Crippen LogP contribution in [0.5, 0.6) is 0 Å². The van der Waals surface area contributed by atoms with E-state index in [9.17, 15) is 9.90 Å². The zero-order valence-electron chi connectivity index (χ0n) is 12.3. The largest absolute Gasteiger partial charge is 0.396 e. The number of hydrogen-bond donors (Lipinski definition) is 3. The number of carbonyl (C=O) groups is 1. The number of benzene rings is 1. The van der Waals surface area contributed by atoms with E-state index in [0.717, 1.165) is 19.3 Å². The maximum atomic E-state index is 11.7. The van der Waals surface area contributed by atoms with E-state index < -0.39 is 17.4 Å². The summed E-state index contributed by atoms with van der Waals surface area (Å²) in [7, 11) is 0. The van der Waals surface area contributed by atoms with Gasteiger partial charge in [0, 0.05) is 12.0 Å². The fourth-order valence-electron chi connectivity index (χ4n) is 1.85. The number of amides is 1. The lowest BCUT2D eigenvalue weighted by molar-refractivity contribution is -0.137. The van der Waals surface area contributed by atoms with Crippen molar-refractivity contribution in [1.29, 1.82) is 0 Å². The van der Waals surface area contributed by atoms with Crippen molar-refractivity contribution in [3.8, 4) is 0 Å². The van der Waals surface area contributed by atoms with E-state index in [0.29, 0.717) is 6.54 Å². The average Bonchev–Trinajstić information content (AvgIpc) is 2.47. The van der Waals surface area contributed by atoms with Crippen LogP contribution in [0.1, 0.15) is 32.3 Å². The van der Waals surface area contributed by atoms with E-state index in [-0.39, 0.29) is 6.61 Å². The molecule has 1 aromatic rings. The first-order valence-corrected chi connectivity index (χ1v) is 7.08. The van der Waals surface area contributed by atoms with E-state index in [2.05, 4.69) is 17.4 Å². The summed E-state index contributed by atoms with van der Waals surface area (Å²) in [6.07, 6.45) is 1.67. The SMILES string of the molecule is CC(C)(CO)[C@@H](O)C(=O)NCCCCc1ccccc1. The highest BCUT2D eigenvalue weighted by Crippen LogP contribution is 2.19. The van der Waals surface area contributed by atoms with Crippen molar-refractivity contribution < 1.29 is 15.0 Å². The van der Waals surface area contributed by atoms with Gasteiger partial charge in [0.1, 0.15) is 6.10 Å². The summed E-state index contributed by atoms with van der Waals surface area (Å²) in [5.74, 6) is -0.413. The lowest BCUT2D eigenvalue weighted by atomic mass is 9.87. The molecule has 1 amide bonds. The maximum absolute atomic E-state index is 11.7. The van der Waals surface area contributed by atoms with Crippen LogP contribution in [0, 0.1) is 5.41 Å². The number of hydrogen-bond acceptors (Lipinski definition) is 3. The van der Waals surface area contributed by atoms with E-state index in [1.54, 1.807) is 13.8 Å². The van der Waals surface area contributed by atoms with Gasteiger partial charge in [-0.1, -0.05) is 44.2 Å². The Morgan fingerprint density at radius 2 is 1.90 bits per heavy atom. The fraction of sp³-hybridized carbons (Fsp3) is 0.562. The first-order chi connectivity index (χ1) is 9.47. The molecule has 4 heteroatoms. The Bertz CT molecular complexity index is 403. The normalized spacial score (nSPS) is 13.0. The summed E-state index contributed by atoms with van der Waals surface area (Å²) in [5.41, 5.74) is 0.481. The van der Waals surface area contributed by atoms with E-state index in [4.69, 9.17) is 5.11 Å². The highest BCUT2D eigenvalue weighted by atomic mass is 16.3. The topological polar surface area (TPSA) is 69.6 Å². The molecular weight excluding hydrogens is 254 g/mol. The molecule has 0 aromatic heterocycles. The fourth-order valence-corrected chi connectivity index (χ4v) is 1.85. The van der Waals surface area contributed by atoms with Crippen molar-refractivity contribution in [2.24, 2.45) is 5.41 Å². The third-order valence-electron chi connectivity index (χ3n) is 3.43. The molecule has 0 aliphatic heterocycles. The molecule has 0 fully saturated rings. The third kappa shape index (κ3) is 5.31. The molecular formula is C16H25NO3. The standard InChI is InChI=1S/C16H25NO3/c1-16(2,12-18)14(19)15(20)17-11-7-6-10-13-8-4-3-5-9-13/h3-5,8-9,14,18-19H,6-7,10-12H2,1-2H3,(H,17,20)/t14-/m0/s1. The number of rotatable bonds is 8. The zero-order chi connectivity index (χ0) is 15.0. The minimum absolute atomic E-state index is 0.227. The summed E-state index contributed by atoms with van der Waals surface area (Å²) in [6.45, 7) is 3.64. The number of unbranched alkanes of at least 4 members (excludes halogenated alkanes) is 1. The minimum Gasteiger partial charge on any atom is -0.396 e. The van der Waals surface area contributed by atoms with Gasteiger partial charge in [-0.25, -0.2) is 0 Å². The van der Waals surface area contributed by atoms with Crippen molar-refractivity contribution in [3.63, 3.8) is 0 Å². The molecule has 0 bridgehead atoms. The van der Waals surface area contributed by atoms with Crippen molar-refractivity contribution in [2.75, 3.05) is 13.2 Å². The van der Waals surface area contributed by atoms with Crippen LogP contribution in [0.2, 0.25) is 0 Å². The molecule has 1 rings (SSSR count). The Morgan fingerprint density at radius 3 is 2.50 bits per heavy atom. The van der Waals surface area contributed by atoms with Gasteiger partial charge in [-0.2, -0.15) is 0 Å². The highest BCUT2D eigenvalue weighted by Gasteiger charge is 2.32. The summed E-state index contributed by atoms with van der Waals surface area (Å²) in [5, 5.41) is 21.6. The second-order valence-corrected chi connectivity index (χ2v) is 5.78. The minimum atomic E-state index is -1.18. The lowest BCUT2D eigenvalue weighted by Gasteiger charge is -2.27. The molecule has 0 spiro atoms. The average molecular weight is 279 g/mol. The van der Waals surface area contributed by atoms with Crippen molar-refractivity contribution in [2.45, 2.75) is 39.2 Å². The molecule has 0 saturated carbocycles. The first kappa shape index (κ1) is 16.7. The van der Waals surface area contributed by atoms with Crippen LogP contribution < -0.4 is 5.32 Å². The van der Waals surface area contributed by atoms with Gasteiger partial charge < -0.3 is 15.5 Å². The van der Waals surface area contributed by atoms with Crippen molar-refractivity contribution >= 4 is 5.91 Å². The molecule has 3 N–H and O–H groups in total. The Morgan fingerprint density at radius 1 is 1.25 bits per heavy atom. The van der Waals surface area contributed by atoms with Crippen LogP contribution in [-0.2, 0) is 11.2 Å². The second-order valence-electron chi connectivity index (χ2n) is 5.78. The molecule has 0 saturated heterocycles. The molecule has 0 unspecified atom stereocenters. The van der Waals surface area contributed by atoms with Crippen molar-refractivity contribution in [3.05, 3.63) is 35.9 Å². The number of nitrogens with one attached hydrogen (secondary N) is 1. The molecule has 1 aromatic carbocycles. The van der Waals surface area contributed by atoms with Gasteiger partial charge in [0.25, 0.3) is 0 Å². The van der Waals surface area contributed by atoms with E-state index in [1.807, 2.05) is 18.2 Å². The Labute approximate surface area is 120 Å². The lowest BCUT2D eigenvalue weighted by Crippen LogP contribution is -2.45. The van der Waals surface area contributed by atoms with Crippen LogP contribution in [0.4, 0.5) is 0 Å². The monoisotopic (exact) mass is 279 g/mol. The maximum Gasteiger partial charge on any atom is 0.249 e. The van der Waals surface area contributed by atoms with Gasteiger partial charge in [0.15, 0.2) is 0 Å². The number of carbonyl (C=O) groups excluding carboxylic acids is 1.